The normalized spacial score (nSPS) is 15.7. The topological polar surface area (TPSA) is 59.8 Å². The highest BCUT2D eigenvalue weighted by Crippen LogP contribution is 2.42. The lowest BCUT2D eigenvalue weighted by Crippen LogP contribution is -2.31. The van der Waals surface area contributed by atoms with Crippen LogP contribution < -0.4 is 5.32 Å². The second-order valence-electron chi connectivity index (χ2n) is 5.44. The maximum absolute atomic E-state index is 12.1. The number of carbonyl (C=O) groups excluding carboxylic acids is 1. The Hall–Kier alpha value is -1.34. The largest absolute Gasteiger partial charge is 0.355 e. The second-order valence-corrected chi connectivity index (χ2v) is 7.69. The van der Waals surface area contributed by atoms with Crippen LogP contribution in [0.3, 0.4) is 0 Å². The number of hydrogen-bond donors (Lipinski definition) is 1. The predicted octanol–water partition coefficient (Wildman–Crippen LogP) is 3.35. The second kappa shape index (κ2) is 6.83. The van der Waals surface area contributed by atoms with E-state index in [9.17, 15) is 4.79 Å². The average molecular weight is 336 g/mol. The summed E-state index contributed by atoms with van der Waals surface area (Å²) in [6, 6.07) is 4.58. The van der Waals surface area contributed by atoms with Gasteiger partial charge in [-0.3, -0.25) is 9.36 Å². The van der Waals surface area contributed by atoms with E-state index in [4.69, 9.17) is 0 Å². The molecule has 2 aromatic rings. The van der Waals surface area contributed by atoms with Crippen molar-refractivity contribution in [2.24, 2.45) is 0 Å². The van der Waals surface area contributed by atoms with E-state index in [2.05, 4.69) is 38.5 Å². The monoisotopic (exact) mass is 336 g/mol. The molecule has 0 bridgehead atoms. The van der Waals surface area contributed by atoms with E-state index in [0.717, 1.165) is 28.8 Å². The van der Waals surface area contributed by atoms with E-state index in [0.29, 0.717) is 6.04 Å². The molecule has 3 rings (SSSR count). The van der Waals surface area contributed by atoms with Crippen LogP contribution in [0, 0.1) is 0 Å². The van der Waals surface area contributed by atoms with Crippen LogP contribution in [-0.2, 0) is 4.79 Å². The lowest BCUT2D eigenvalue weighted by Gasteiger charge is -2.12. The summed E-state index contributed by atoms with van der Waals surface area (Å²) in [5, 5.41) is 14.4. The lowest BCUT2D eigenvalue weighted by molar-refractivity contribution is -0.120. The first-order valence-corrected chi connectivity index (χ1v) is 9.39. The molecule has 118 valence electrons. The van der Waals surface area contributed by atoms with Crippen molar-refractivity contribution >= 4 is 29.0 Å². The van der Waals surface area contributed by atoms with Gasteiger partial charge in [-0.25, -0.2) is 0 Å². The van der Waals surface area contributed by atoms with Crippen molar-refractivity contribution in [3.63, 3.8) is 0 Å². The summed E-state index contributed by atoms with van der Waals surface area (Å²) in [5.74, 6) is 0.996. The van der Waals surface area contributed by atoms with E-state index in [-0.39, 0.29) is 11.2 Å². The molecule has 2 heterocycles. The molecule has 0 unspecified atom stereocenters. The van der Waals surface area contributed by atoms with Crippen molar-refractivity contribution in [2.45, 2.75) is 49.6 Å². The molecule has 0 aliphatic heterocycles. The summed E-state index contributed by atoms with van der Waals surface area (Å²) >= 11 is 3.17. The van der Waals surface area contributed by atoms with Crippen molar-refractivity contribution in [3.8, 4) is 10.7 Å². The Bertz CT molecular complexity index is 634. The molecule has 5 nitrogen and oxygen atoms in total. The Morgan fingerprint density at radius 2 is 2.36 bits per heavy atom. The summed E-state index contributed by atoms with van der Waals surface area (Å²) < 4.78 is 2.21. The van der Waals surface area contributed by atoms with Gasteiger partial charge in [-0.15, -0.1) is 21.5 Å². The standard InChI is InChI=1S/C15H20N4OS2/c1-3-8-16-14(20)10(2)22-15-18-17-13(12-5-4-9-21-12)19(15)11-6-7-11/h4-5,9-11H,3,6-8H2,1-2H3,(H,16,20)/t10-/m1/s1. The molecule has 0 spiro atoms. The number of thioether (sulfide) groups is 1. The van der Waals surface area contributed by atoms with Crippen LogP contribution in [0.4, 0.5) is 0 Å². The number of nitrogens with zero attached hydrogens (tertiary/aromatic N) is 3. The molecule has 1 aliphatic rings. The molecular weight excluding hydrogens is 316 g/mol. The summed E-state index contributed by atoms with van der Waals surface area (Å²) in [6.45, 7) is 4.70. The van der Waals surface area contributed by atoms with Crippen molar-refractivity contribution in [1.29, 1.82) is 0 Å². The molecule has 7 heteroatoms. The van der Waals surface area contributed by atoms with Gasteiger partial charge >= 0.3 is 0 Å². The number of nitrogens with one attached hydrogen (secondary N) is 1. The van der Waals surface area contributed by atoms with Gasteiger partial charge in [0.25, 0.3) is 0 Å². The fourth-order valence-corrected chi connectivity index (χ4v) is 3.85. The van der Waals surface area contributed by atoms with Crippen LogP contribution in [-0.4, -0.2) is 32.5 Å². The zero-order valence-electron chi connectivity index (χ0n) is 12.8. The minimum atomic E-state index is -0.163. The maximum atomic E-state index is 12.1. The first kappa shape index (κ1) is 15.6. The molecule has 1 saturated carbocycles. The Balaban J connectivity index is 1.78. The van der Waals surface area contributed by atoms with E-state index in [1.54, 1.807) is 11.3 Å². The third-order valence-electron chi connectivity index (χ3n) is 3.52. The number of hydrogen-bond acceptors (Lipinski definition) is 5. The van der Waals surface area contributed by atoms with E-state index < -0.39 is 0 Å². The van der Waals surface area contributed by atoms with Gasteiger partial charge in [-0.2, -0.15) is 0 Å². The van der Waals surface area contributed by atoms with Crippen LogP contribution in [0.25, 0.3) is 10.7 Å². The number of amides is 1. The third kappa shape index (κ3) is 3.35. The Morgan fingerprint density at radius 1 is 1.55 bits per heavy atom. The smallest absolute Gasteiger partial charge is 0.233 e. The van der Waals surface area contributed by atoms with Gasteiger partial charge < -0.3 is 5.32 Å². The Labute approximate surface area is 138 Å². The minimum absolute atomic E-state index is 0.0647. The van der Waals surface area contributed by atoms with Gasteiger partial charge in [-0.1, -0.05) is 24.8 Å². The van der Waals surface area contributed by atoms with Crippen LogP contribution in [0.2, 0.25) is 0 Å². The highest BCUT2D eigenvalue weighted by Gasteiger charge is 2.31. The molecule has 2 aromatic heterocycles. The van der Waals surface area contributed by atoms with Crippen molar-refractivity contribution in [1.82, 2.24) is 20.1 Å². The van der Waals surface area contributed by atoms with Crippen LogP contribution in [0.1, 0.15) is 39.2 Å². The predicted molar refractivity (Wildman–Crippen MR) is 90.2 cm³/mol. The molecule has 1 fully saturated rings. The molecule has 1 N–H and O–H groups in total. The summed E-state index contributed by atoms with van der Waals surface area (Å²) in [6.07, 6.45) is 3.28. The number of rotatable bonds is 7. The molecule has 0 radical (unpaired) electrons. The molecule has 0 saturated heterocycles. The number of aromatic nitrogens is 3. The van der Waals surface area contributed by atoms with Crippen LogP contribution in [0.5, 0.6) is 0 Å². The molecule has 22 heavy (non-hydrogen) atoms. The zero-order valence-corrected chi connectivity index (χ0v) is 14.4. The van der Waals surface area contributed by atoms with E-state index in [1.165, 1.54) is 24.6 Å². The molecule has 1 atom stereocenters. The van der Waals surface area contributed by atoms with Crippen molar-refractivity contribution in [2.75, 3.05) is 6.54 Å². The van der Waals surface area contributed by atoms with E-state index in [1.807, 2.05) is 13.0 Å². The summed E-state index contributed by atoms with van der Waals surface area (Å²) in [5.41, 5.74) is 0. The number of carbonyl (C=O) groups is 1. The third-order valence-corrected chi connectivity index (χ3v) is 5.44. The molecular formula is C15H20N4OS2. The van der Waals surface area contributed by atoms with Crippen LogP contribution in [0.15, 0.2) is 22.7 Å². The zero-order chi connectivity index (χ0) is 15.5. The highest BCUT2D eigenvalue weighted by molar-refractivity contribution is 8.00. The fraction of sp³-hybridized carbons (Fsp3) is 0.533. The van der Waals surface area contributed by atoms with Crippen molar-refractivity contribution in [3.05, 3.63) is 17.5 Å². The molecule has 1 amide bonds. The van der Waals surface area contributed by atoms with Gasteiger partial charge in [0.05, 0.1) is 10.1 Å². The Morgan fingerprint density at radius 3 is 3.00 bits per heavy atom. The molecule has 1 aliphatic carbocycles. The number of thiophene rings is 1. The highest BCUT2D eigenvalue weighted by atomic mass is 32.2. The average Bonchev–Trinajstić information content (AvgIpc) is 3.04. The summed E-state index contributed by atoms with van der Waals surface area (Å²) in [4.78, 5) is 13.2. The van der Waals surface area contributed by atoms with Crippen LogP contribution >= 0.6 is 23.1 Å². The SMILES string of the molecule is CCCNC(=O)[C@@H](C)Sc1nnc(-c2cccs2)n1C1CC1. The Kier molecular flexibility index (Phi) is 4.83. The van der Waals surface area contributed by atoms with Gasteiger partial charge in [0.15, 0.2) is 11.0 Å². The first-order chi connectivity index (χ1) is 10.7. The van der Waals surface area contributed by atoms with Gasteiger partial charge in [0.2, 0.25) is 5.91 Å². The fourth-order valence-electron chi connectivity index (χ4n) is 2.20. The van der Waals surface area contributed by atoms with Gasteiger partial charge in [0, 0.05) is 12.6 Å². The lowest BCUT2D eigenvalue weighted by atomic mass is 10.4. The first-order valence-electron chi connectivity index (χ1n) is 7.63. The van der Waals surface area contributed by atoms with Gasteiger partial charge in [0.1, 0.15) is 0 Å². The minimum Gasteiger partial charge on any atom is -0.355 e. The molecule has 0 aromatic carbocycles. The van der Waals surface area contributed by atoms with Gasteiger partial charge in [-0.05, 0) is 37.6 Å². The summed E-state index contributed by atoms with van der Waals surface area (Å²) in [7, 11) is 0. The maximum Gasteiger partial charge on any atom is 0.233 e. The van der Waals surface area contributed by atoms with Crippen molar-refractivity contribution < 1.29 is 4.79 Å². The van der Waals surface area contributed by atoms with E-state index >= 15 is 0 Å². The quantitative estimate of drug-likeness (QED) is 0.788.